The molecule has 0 fully saturated rings. The zero-order chi connectivity index (χ0) is 25.0. The second kappa shape index (κ2) is 9.94. The maximum Gasteiger partial charge on any atom is 0.357 e. The zero-order valence-corrected chi connectivity index (χ0v) is 18.3. The predicted molar refractivity (Wildman–Crippen MR) is 123 cm³/mol. The molecule has 0 aliphatic heterocycles. The second-order valence-electron chi connectivity index (χ2n) is 7.49. The number of aryl methyl sites for hydroxylation is 1. The Morgan fingerprint density at radius 3 is 2.41 bits per heavy atom. The van der Waals surface area contributed by atoms with Gasteiger partial charge in [0.05, 0.1) is 6.20 Å². The van der Waals surface area contributed by atoms with Gasteiger partial charge < -0.3 is 31.2 Å². The molecule has 3 aromatic rings. The van der Waals surface area contributed by atoms with Gasteiger partial charge in [0, 0.05) is 18.7 Å². The Kier molecular flexibility index (Phi) is 7.04. The van der Waals surface area contributed by atoms with Crippen molar-refractivity contribution in [2.75, 3.05) is 22.5 Å². The summed E-state index contributed by atoms with van der Waals surface area (Å²) < 4.78 is 0.982. The van der Waals surface area contributed by atoms with Crippen LogP contribution in [-0.2, 0) is 18.3 Å². The molecule has 178 valence electrons. The minimum Gasteiger partial charge on any atom is -0.480 e. The molecule has 1 aromatic heterocycles. The Bertz CT molecular complexity index is 1300. The molecule has 0 unspecified atom stereocenters. The topological polar surface area (TPSA) is 186 Å². The van der Waals surface area contributed by atoms with E-state index in [1.165, 1.54) is 19.2 Å². The molecule has 0 saturated heterocycles. The van der Waals surface area contributed by atoms with Gasteiger partial charge in [-0.3, -0.25) is 14.4 Å². The van der Waals surface area contributed by atoms with Crippen LogP contribution in [0.15, 0.2) is 40.1 Å². The normalized spacial score (nSPS) is 11.7. The van der Waals surface area contributed by atoms with Crippen molar-refractivity contribution in [2.45, 2.75) is 25.8 Å². The van der Waals surface area contributed by atoms with E-state index in [1.54, 1.807) is 12.1 Å². The molecule has 0 bridgehead atoms. The molecule has 13 heteroatoms. The van der Waals surface area contributed by atoms with E-state index in [4.69, 9.17) is 0 Å². The van der Waals surface area contributed by atoms with Crippen LogP contribution in [0.25, 0.3) is 0 Å². The number of carbonyl (C=O) groups excluding carboxylic acids is 1. The Balaban J connectivity index is 1.69. The van der Waals surface area contributed by atoms with Gasteiger partial charge in [-0.1, -0.05) is 24.2 Å². The Morgan fingerprint density at radius 1 is 1.18 bits per heavy atom. The quantitative estimate of drug-likeness (QED) is 0.180. The standard InChI is InChI=1S/C21H22N6O7/c1-3-8-22-15-16(18(29)17(15)28)25-14(21(31)32)9-11-4-6-12(7-5-11)24-19(30)13-10-23-26(2)20(13)27(33)34/h4-7,10,14,22,25H,3,8-9H2,1-2H3,(H,24,30)(H,31,32)/t14-/m0/s1. The summed E-state index contributed by atoms with van der Waals surface area (Å²) in [5, 5.41) is 32.4. The van der Waals surface area contributed by atoms with E-state index in [9.17, 15) is 34.4 Å². The first kappa shape index (κ1) is 24.1. The van der Waals surface area contributed by atoms with Crippen LogP contribution in [0.2, 0.25) is 0 Å². The molecule has 0 radical (unpaired) electrons. The molecular weight excluding hydrogens is 448 g/mol. The summed E-state index contributed by atoms with van der Waals surface area (Å²) in [6.07, 6.45) is 1.80. The number of benzene rings is 1. The maximum absolute atomic E-state index is 12.4. The van der Waals surface area contributed by atoms with E-state index in [0.717, 1.165) is 17.3 Å². The lowest BCUT2D eigenvalue weighted by Crippen LogP contribution is -2.42. The minimum absolute atomic E-state index is 0.0103. The molecule has 0 saturated carbocycles. The van der Waals surface area contributed by atoms with Crippen LogP contribution in [0.1, 0.15) is 29.3 Å². The second-order valence-corrected chi connectivity index (χ2v) is 7.49. The van der Waals surface area contributed by atoms with E-state index in [-0.39, 0.29) is 23.4 Å². The SMILES string of the molecule is CCCNc1c(N[C@@H](Cc2ccc(NC(=O)c3cnn(C)c3[N+](=O)[O-])cc2)C(=O)O)c(=O)c1=O. The molecule has 2 aromatic carbocycles. The summed E-state index contributed by atoms with van der Waals surface area (Å²) in [7, 11) is 1.35. The maximum atomic E-state index is 12.4. The molecular formula is C21H22N6O7. The fraction of sp³-hybridized carbons (Fsp3) is 0.286. The van der Waals surface area contributed by atoms with Crippen molar-refractivity contribution in [3.8, 4) is 0 Å². The fourth-order valence-corrected chi connectivity index (χ4v) is 3.29. The van der Waals surface area contributed by atoms with Crippen LogP contribution in [0, 0.1) is 10.1 Å². The Morgan fingerprint density at radius 2 is 1.82 bits per heavy atom. The van der Waals surface area contributed by atoms with Crippen LogP contribution in [0.4, 0.5) is 22.9 Å². The van der Waals surface area contributed by atoms with Gasteiger partial charge in [0.25, 0.3) is 16.8 Å². The van der Waals surface area contributed by atoms with Crippen LogP contribution >= 0.6 is 0 Å². The van der Waals surface area contributed by atoms with Crippen molar-refractivity contribution in [3.63, 3.8) is 0 Å². The average Bonchev–Trinajstić information content (AvgIpc) is 3.20. The van der Waals surface area contributed by atoms with Crippen molar-refractivity contribution >= 4 is 34.8 Å². The highest BCUT2D eigenvalue weighted by Crippen LogP contribution is 2.20. The van der Waals surface area contributed by atoms with Crippen LogP contribution < -0.4 is 26.8 Å². The third-order valence-corrected chi connectivity index (χ3v) is 5.06. The van der Waals surface area contributed by atoms with Crippen molar-refractivity contribution in [1.29, 1.82) is 0 Å². The molecule has 3 rings (SSSR count). The molecule has 34 heavy (non-hydrogen) atoms. The number of carboxylic acid groups (broad SMARTS) is 1. The number of rotatable bonds is 11. The van der Waals surface area contributed by atoms with Gasteiger partial charge in [0.2, 0.25) is 0 Å². The third-order valence-electron chi connectivity index (χ3n) is 5.06. The lowest BCUT2D eigenvalue weighted by Gasteiger charge is -2.20. The lowest BCUT2D eigenvalue weighted by molar-refractivity contribution is -0.392. The molecule has 0 aliphatic rings. The third kappa shape index (κ3) is 4.92. The number of carbonyl (C=O) groups is 2. The number of aliphatic carboxylic acids is 1. The van der Waals surface area contributed by atoms with Gasteiger partial charge in [-0.25, -0.2) is 4.79 Å². The van der Waals surface area contributed by atoms with Crippen molar-refractivity contribution in [3.05, 3.63) is 72.2 Å². The molecule has 1 atom stereocenters. The molecule has 1 amide bonds. The Hall–Kier alpha value is -4.55. The van der Waals surface area contributed by atoms with Crippen molar-refractivity contribution in [2.24, 2.45) is 7.05 Å². The van der Waals surface area contributed by atoms with Crippen molar-refractivity contribution in [1.82, 2.24) is 9.78 Å². The highest BCUT2D eigenvalue weighted by molar-refractivity contribution is 6.06. The van der Waals surface area contributed by atoms with Gasteiger partial charge in [-0.2, -0.15) is 0 Å². The van der Waals surface area contributed by atoms with E-state index in [0.29, 0.717) is 17.8 Å². The number of amides is 1. The highest BCUT2D eigenvalue weighted by Gasteiger charge is 2.27. The highest BCUT2D eigenvalue weighted by atomic mass is 16.6. The number of nitro groups is 1. The molecule has 1 heterocycles. The first-order chi connectivity index (χ1) is 16.1. The number of hydrogen-bond acceptors (Lipinski definition) is 9. The molecule has 13 nitrogen and oxygen atoms in total. The van der Waals surface area contributed by atoms with Crippen LogP contribution in [0.5, 0.6) is 0 Å². The number of anilines is 3. The monoisotopic (exact) mass is 470 g/mol. The Labute approximate surface area is 192 Å². The number of hydrogen-bond donors (Lipinski definition) is 4. The zero-order valence-electron chi connectivity index (χ0n) is 18.3. The van der Waals surface area contributed by atoms with Gasteiger partial charge in [-0.15, -0.1) is 4.68 Å². The fourth-order valence-electron chi connectivity index (χ4n) is 3.29. The van der Waals surface area contributed by atoms with E-state index < -0.39 is 39.5 Å². The molecule has 0 aliphatic carbocycles. The first-order valence-electron chi connectivity index (χ1n) is 10.3. The summed E-state index contributed by atoms with van der Waals surface area (Å²) in [5.74, 6) is -2.38. The summed E-state index contributed by atoms with van der Waals surface area (Å²) in [6.45, 7) is 2.35. The summed E-state index contributed by atoms with van der Waals surface area (Å²) in [5.41, 5.74) is -0.714. The van der Waals surface area contributed by atoms with Crippen molar-refractivity contribution < 1.29 is 19.6 Å². The number of carboxylic acids is 1. The van der Waals surface area contributed by atoms with Gasteiger partial charge in [0.1, 0.15) is 24.5 Å². The number of nitrogens with one attached hydrogen (secondary N) is 3. The molecule has 4 N–H and O–H groups in total. The molecule has 0 spiro atoms. The predicted octanol–water partition coefficient (Wildman–Crippen LogP) is 1.11. The van der Waals surface area contributed by atoms with Gasteiger partial charge in [-0.05, 0) is 29.0 Å². The van der Waals surface area contributed by atoms with E-state index in [1.807, 2.05) is 6.92 Å². The first-order valence-corrected chi connectivity index (χ1v) is 10.3. The lowest BCUT2D eigenvalue weighted by atomic mass is 10.0. The summed E-state index contributed by atoms with van der Waals surface area (Å²) >= 11 is 0. The number of nitrogens with zero attached hydrogens (tertiary/aromatic N) is 3. The van der Waals surface area contributed by atoms with Crippen LogP contribution in [0.3, 0.4) is 0 Å². The number of aromatic nitrogens is 2. The largest absolute Gasteiger partial charge is 0.480 e. The summed E-state index contributed by atoms with van der Waals surface area (Å²) in [6, 6.07) is 5.00. The average molecular weight is 470 g/mol. The summed E-state index contributed by atoms with van der Waals surface area (Å²) in [4.78, 5) is 58.2. The van der Waals surface area contributed by atoms with Crippen LogP contribution in [-0.4, -0.2) is 44.3 Å². The smallest absolute Gasteiger partial charge is 0.357 e. The van der Waals surface area contributed by atoms with E-state index >= 15 is 0 Å². The van der Waals surface area contributed by atoms with Gasteiger partial charge >= 0.3 is 11.8 Å². The van der Waals surface area contributed by atoms with Gasteiger partial charge in [0.15, 0.2) is 5.56 Å². The van der Waals surface area contributed by atoms with E-state index in [2.05, 4.69) is 21.0 Å². The minimum atomic E-state index is -1.21.